The molecule has 2 rings (SSSR count). The second kappa shape index (κ2) is 3.84. The molecule has 80 valence electrons. The van der Waals surface area contributed by atoms with Crippen molar-refractivity contribution in [1.29, 1.82) is 0 Å². The first-order valence-electron chi connectivity index (χ1n) is 5.15. The minimum Gasteiger partial charge on any atom is -0.272 e. The lowest BCUT2D eigenvalue weighted by molar-refractivity contribution is 0.514. The Morgan fingerprint density at radius 3 is 2.67 bits per heavy atom. The van der Waals surface area contributed by atoms with Crippen molar-refractivity contribution in [3.05, 3.63) is 18.6 Å². The van der Waals surface area contributed by atoms with E-state index in [0.29, 0.717) is 6.04 Å². The lowest BCUT2D eigenvalue weighted by Gasteiger charge is -2.00. The maximum atomic E-state index is 4.20. The molecule has 0 aliphatic rings. The van der Waals surface area contributed by atoms with E-state index in [4.69, 9.17) is 0 Å². The van der Waals surface area contributed by atoms with Gasteiger partial charge < -0.3 is 0 Å². The van der Waals surface area contributed by atoms with Crippen molar-refractivity contribution in [2.24, 2.45) is 0 Å². The molecule has 2 aromatic rings. The fourth-order valence-corrected chi connectivity index (χ4v) is 1.33. The Labute approximate surface area is 88.7 Å². The summed E-state index contributed by atoms with van der Waals surface area (Å²) in [5.41, 5.74) is 1.90. The van der Waals surface area contributed by atoms with Gasteiger partial charge in [-0.15, -0.1) is 5.10 Å². The molecule has 0 fully saturated rings. The Morgan fingerprint density at radius 1 is 1.33 bits per heavy atom. The van der Waals surface area contributed by atoms with Crippen LogP contribution < -0.4 is 0 Å². The Morgan fingerprint density at radius 2 is 2.13 bits per heavy atom. The summed E-state index contributed by atoms with van der Waals surface area (Å²) in [6, 6.07) is 0.340. The average Bonchev–Trinajstić information content (AvgIpc) is 2.86. The molecule has 0 radical (unpaired) electrons. The summed E-state index contributed by atoms with van der Waals surface area (Å²) in [7, 11) is 0. The van der Waals surface area contributed by atoms with Crippen LogP contribution in [0.25, 0.3) is 11.3 Å². The van der Waals surface area contributed by atoms with Crippen molar-refractivity contribution in [3.8, 4) is 11.3 Å². The van der Waals surface area contributed by atoms with Gasteiger partial charge in [0.2, 0.25) is 0 Å². The van der Waals surface area contributed by atoms with Crippen LogP contribution in [0.2, 0.25) is 0 Å². The third-order valence-corrected chi connectivity index (χ3v) is 2.29. The highest BCUT2D eigenvalue weighted by molar-refractivity contribution is 5.54. The SMILES string of the molecule is CCn1cc(-c2cn(C(C)C)nn2)cn1. The van der Waals surface area contributed by atoms with E-state index in [1.54, 1.807) is 0 Å². The minimum atomic E-state index is 0.340. The summed E-state index contributed by atoms with van der Waals surface area (Å²) < 4.78 is 3.72. The van der Waals surface area contributed by atoms with Gasteiger partial charge in [-0.25, -0.2) is 4.68 Å². The van der Waals surface area contributed by atoms with Crippen LogP contribution in [-0.2, 0) is 6.54 Å². The minimum absolute atomic E-state index is 0.340. The molecular formula is C10H15N5. The monoisotopic (exact) mass is 205 g/mol. The van der Waals surface area contributed by atoms with Gasteiger partial charge in [-0.1, -0.05) is 5.21 Å². The second-order valence-electron chi connectivity index (χ2n) is 3.76. The third kappa shape index (κ3) is 1.91. The van der Waals surface area contributed by atoms with Crippen LogP contribution in [0.3, 0.4) is 0 Å². The van der Waals surface area contributed by atoms with Crippen LogP contribution >= 0.6 is 0 Å². The molecule has 0 bridgehead atoms. The molecule has 0 aliphatic carbocycles. The van der Waals surface area contributed by atoms with E-state index < -0.39 is 0 Å². The quantitative estimate of drug-likeness (QED) is 0.766. The Hall–Kier alpha value is -1.65. The summed E-state index contributed by atoms with van der Waals surface area (Å²) >= 11 is 0. The molecule has 0 amide bonds. The maximum Gasteiger partial charge on any atom is 0.116 e. The molecule has 2 aromatic heterocycles. The Balaban J connectivity index is 2.28. The first kappa shape index (κ1) is 9.89. The Kier molecular flexibility index (Phi) is 2.53. The van der Waals surface area contributed by atoms with E-state index in [1.165, 1.54) is 0 Å². The summed E-state index contributed by atoms with van der Waals surface area (Å²) in [6.45, 7) is 7.09. The predicted molar refractivity (Wildman–Crippen MR) is 57.3 cm³/mol. The molecule has 0 aliphatic heterocycles. The van der Waals surface area contributed by atoms with E-state index in [9.17, 15) is 0 Å². The molecule has 0 saturated heterocycles. The topological polar surface area (TPSA) is 48.5 Å². The molecule has 0 aromatic carbocycles. The van der Waals surface area contributed by atoms with Crippen LogP contribution in [0.15, 0.2) is 18.6 Å². The maximum absolute atomic E-state index is 4.20. The van der Waals surface area contributed by atoms with Crippen LogP contribution in [-0.4, -0.2) is 24.8 Å². The van der Waals surface area contributed by atoms with Crippen molar-refractivity contribution in [1.82, 2.24) is 24.8 Å². The van der Waals surface area contributed by atoms with Gasteiger partial charge in [0.1, 0.15) is 5.69 Å². The molecule has 5 nitrogen and oxygen atoms in total. The van der Waals surface area contributed by atoms with E-state index in [2.05, 4.69) is 36.2 Å². The zero-order valence-corrected chi connectivity index (χ0v) is 9.25. The highest BCUT2D eigenvalue weighted by atomic mass is 15.4. The number of aromatic nitrogens is 5. The van der Waals surface area contributed by atoms with E-state index in [1.807, 2.05) is 28.0 Å². The highest BCUT2D eigenvalue weighted by Crippen LogP contribution is 2.16. The lowest BCUT2D eigenvalue weighted by atomic mass is 10.3. The van der Waals surface area contributed by atoms with Crippen molar-refractivity contribution in [3.63, 3.8) is 0 Å². The number of hydrogen-bond acceptors (Lipinski definition) is 3. The second-order valence-corrected chi connectivity index (χ2v) is 3.76. The van der Waals surface area contributed by atoms with Gasteiger partial charge in [0.25, 0.3) is 0 Å². The number of aryl methyl sites for hydroxylation is 1. The lowest BCUT2D eigenvalue weighted by Crippen LogP contribution is -2.00. The summed E-state index contributed by atoms with van der Waals surface area (Å²) in [4.78, 5) is 0. The van der Waals surface area contributed by atoms with Gasteiger partial charge in [0, 0.05) is 24.3 Å². The number of hydrogen-bond donors (Lipinski definition) is 0. The molecule has 0 N–H and O–H groups in total. The summed E-state index contributed by atoms with van der Waals surface area (Å²) in [5, 5.41) is 12.4. The van der Waals surface area contributed by atoms with Gasteiger partial charge in [0.15, 0.2) is 0 Å². The standard InChI is InChI=1S/C10H15N5/c1-4-14-6-9(5-11-14)10-7-15(8(2)3)13-12-10/h5-8H,4H2,1-3H3. The largest absolute Gasteiger partial charge is 0.272 e. The smallest absolute Gasteiger partial charge is 0.116 e. The third-order valence-electron chi connectivity index (χ3n) is 2.29. The van der Waals surface area contributed by atoms with E-state index in [0.717, 1.165) is 17.8 Å². The van der Waals surface area contributed by atoms with Crippen LogP contribution in [0.5, 0.6) is 0 Å². The number of rotatable bonds is 3. The van der Waals surface area contributed by atoms with Crippen molar-refractivity contribution >= 4 is 0 Å². The summed E-state index contributed by atoms with van der Waals surface area (Å²) in [6.07, 6.45) is 5.74. The molecule has 0 saturated carbocycles. The van der Waals surface area contributed by atoms with Gasteiger partial charge in [-0.05, 0) is 20.8 Å². The highest BCUT2D eigenvalue weighted by Gasteiger charge is 2.07. The van der Waals surface area contributed by atoms with Crippen molar-refractivity contribution < 1.29 is 0 Å². The fraction of sp³-hybridized carbons (Fsp3) is 0.500. The zero-order chi connectivity index (χ0) is 10.8. The molecule has 0 unspecified atom stereocenters. The van der Waals surface area contributed by atoms with Gasteiger partial charge >= 0.3 is 0 Å². The van der Waals surface area contributed by atoms with E-state index in [-0.39, 0.29) is 0 Å². The normalized spacial score (nSPS) is 11.2. The first-order chi connectivity index (χ1) is 7.20. The molecular weight excluding hydrogens is 190 g/mol. The Bertz CT molecular complexity index is 440. The van der Waals surface area contributed by atoms with Crippen molar-refractivity contribution in [2.45, 2.75) is 33.4 Å². The fourth-order valence-electron chi connectivity index (χ4n) is 1.33. The van der Waals surface area contributed by atoms with Crippen molar-refractivity contribution in [2.75, 3.05) is 0 Å². The molecule has 2 heterocycles. The zero-order valence-electron chi connectivity index (χ0n) is 9.25. The van der Waals surface area contributed by atoms with E-state index >= 15 is 0 Å². The van der Waals surface area contributed by atoms with Gasteiger partial charge in [-0.3, -0.25) is 4.68 Å². The molecule has 15 heavy (non-hydrogen) atoms. The van der Waals surface area contributed by atoms with Crippen LogP contribution in [0.1, 0.15) is 26.8 Å². The molecule has 5 heteroatoms. The predicted octanol–water partition coefficient (Wildman–Crippen LogP) is 1.74. The van der Waals surface area contributed by atoms with Gasteiger partial charge in [-0.2, -0.15) is 5.10 Å². The van der Waals surface area contributed by atoms with Gasteiger partial charge in [0.05, 0.1) is 12.4 Å². The number of nitrogens with zero attached hydrogens (tertiary/aromatic N) is 5. The molecule has 0 spiro atoms. The summed E-state index contributed by atoms with van der Waals surface area (Å²) in [5.74, 6) is 0. The van der Waals surface area contributed by atoms with Crippen LogP contribution in [0, 0.1) is 0 Å². The van der Waals surface area contributed by atoms with Crippen LogP contribution in [0.4, 0.5) is 0 Å². The first-order valence-corrected chi connectivity index (χ1v) is 5.15. The molecule has 0 atom stereocenters. The average molecular weight is 205 g/mol.